The molecular formula is C8H11N5O2S. The summed E-state index contributed by atoms with van der Waals surface area (Å²) in [5.74, 6) is 0. The van der Waals surface area contributed by atoms with Gasteiger partial charge in [0.1, 0.15) is 12.7 Å². The molecule has 0 saturated carbocycles. The molecule has 2 aromatic heterocycles. The van der Waals surface area contributed by atoms with Crippen LogP contribution in [-0.4, -0.2) is 38.6 Å². The molecule has 16 heavy (non-hydrogen) atoms. The third-order valence-electron chi connectivity index (χ3n) is 2.19. The van der Waals surface area contributed by atoms with Crippen molar-refractivity contribution in [1.82, 2.24) is 24.0 Å². The molecule has 0 fully saturated rings. The van der Waals surface area contributed by atoms with Gasteiger partial charge in [-0.05, 0) is 13.0 Å². The zero-order valence-corrected chi connectivity index (χ0v) is 9.66. The molecule has 0 N–H and O–H groups in total. The Morgan fingerprint density at radius 3 is 2.69 bits per heavy atom. The first kappa shape index (κ1) is 10.8. The summed E-state index contributed by atoms with van der Waals surface area (Å²) in [6, 6.07) is 1.50. The SMILES string of the molecule is CC(c1ccn(S(C)(=O)=O)n1)n1cncn1. The van der Waals surface area contributed by atoms with Crippen LogP contribution in [-0.2, 0) is 10.0 Å². The van der Waals surface area contributed by atoms with Gasteiger partial charge < -0.3 is 0 Å². The van der Waals surface area contributed by atoms with Crippen molar-refractivity contribution < 1.29 is 8.42 Å². The van der Waals surface area contributed by atoms with Crippen LogP contribution in [0.4, 0.5) is 0 Å². The van der Waals surface area contributed by atoms with E-state index in [2.05, 4.69) is 15.2 Å². The van der Waals surface area contributed by atoms with Crippen LogP contribution >= 0.6 is 0 Å². The second kappa shape index (κ2) is 3.71. The Morgan fingerprint density at radius 2 is 2.19 bits per heavy atom. The molecule has 0 aliphatic carbocycles. The van der Waals surface area contributed by atoms with E-state index in [4.69, 9.17) is 0 Å². The highest BCUT2D eigenvalue weighted by Gasteiger charge is 2.14. The first-order valence-corrected chi connectivity index (χ1v) is 6.43. The second-order valence-electron chi connectivity index (χ2n) is 3.43. The minimum Gasteiger partial charge on any atom is -0.244 e. The zero-order chi connectivity index (χ0) is 11.8. The Balaban J connectivity index is 2.33. The highest BCUT2D eigenvalue weighted by Crippen LogP contribution is 2.13. The van der Waals surface area contributed by atoms with Crippen molar-refractivity contribution in [3.63, 3.8) is 0 Å². The second-order valence-corrected chi connectivity index (χ2v) is 5.27. The number of aromatic nitrogens is 5. The van der Waals surface area contributed by atoms with E-state index in [0.717, 1.165) is 10.3 Å². The fraction of sp³-hybridized carbons (Fsp3) is 0.375. The topological polar surface area (TPSA) is 82.7 Å². The van der Waals surface area contributed by atoms with Crippen molar-refractivity contribution in [3.05, 3.63) is 30.6 Å². The van der Waals surface area contributed by atoms with Gasteiger partial charge in [0.05, 0.1) is 18.0 Å². The molecule has 2 heterocycles. The predicted octanol–water partition coefficient (Wildman–Crippen LogP) is -0.108. The van der Waals surface area contributed by atoms with Crippen molar-refractivity contribution in [2.75, 3.05) is 6.26 Å². The number of nitrogens with zero attached hydrogens (tertiary/aromatic N) is 5. The van der Waals surface area contributed by atoms with Crippen LogP contribution in [0.15, 0.2) is 24.9 Å². The Hall–Kier alpha value is -1.70. The van der Waals surface area contributed by atoms with Crippen LogP contribution < -0.4 is 0 Å². The van der Waals surface area contributed by atoms with Crippen LogP contribution in [0.3, 0.4) is 0 Å². The fourth-order valence-corrected chi connectivity index (χ4v) is 1.81. The maximum Gasteiger partial charge on any atom is 0.250 e. The number of hydrogen-bond acceptors (Lipinski definition) is 5. The van der Waals surface area contributed by atoms with Crippen LogP contribution in [0.25, 0.3) is 0 Å². The summed E-state index contributed by atoms with van der Waals surface area (Å²) in [5, 5.41) is 7.95. The lowest BCUT2D eigenvalue weighted by atomic mass is 10.2. The van der Waals surface area contributed by atoms with Crippen LogP contribution in [0.2, 0.25) is 0 Å². The molecule has 1 unspecified atom stereocenters. The van der Waals surface area contributed by atoms with Gasteiger partial charge in [0, 0.05) is 6.20 Å². The van der Waals surface area contributed by atoms with Gasteiger partial charge in [-0.15, -0.1) is 0 Å². The monoisotopic (exact) mass is 241 g/mol. The molecular weight excluding hydrogens is 230 g/mol. The maximum atomic E-state index is 11.2. The highest BCUT2D eigenvalue weighted by atomic mass is 32.2. The van der Waals surface area contributed by atoms with E-state index in [1.54, 1.807) is 17.1 Å². The fourth-order valence-electron chi connectivity index (χ4n) is 1.28. The average Bonchev–Trinajstić information content (AvgIpc) is 2.87. The summed E-state index contributed by atoms with van der Waals surface area (Å²) in [4.78, 5) is 3.82. The first-order valence-electron chi connectivity index (χ1n) is 4.58. The molecule has 2 aromatic rings. The lowest BCUT2D eigenvalue weighted by molar-refractivity contribution is 0.542. The number of hydrogen-bond donors (Lipinski definition) is 0. The van der Waals surface area contributed by atoms with Gasteiger partial charge in [-0.25, -0.2) is 18.1 Å². The van der Waals surface area contributed by atoms with Crippen LogP contribution in [0.1, 0.15) is 18.7 Å². The molecule has 1 atom stereocenters. The largest absolute Gasteiger partial charge is 0.250 e. The van der Waals surface area contributed by atoms with Crippen molar-refractivity contribution in [2.45, 2.75) is 13.0 Å². The molecule has 0 aromatic carbocycles. The Kier molecular flexibility index (Phi) is 2.50. The van der Waals surface area contributed by atoms with Crippen LogP contribution in [0.5, 0.6) is 0 Å². The van der Waals surface area contributed by atoms with Gasteiger partial charge in [-0.3, -0.25) is 0 Å². The smallest absolute Gasteiger partial charge is 0.244 e. The number of rotatable bonds is 3. The molecule has 0 radical (unpaired) electrons. The minimum atomic E-state index is -3.32. The van der Waals surface area contributed by atoms with E-state index in [1.165, 1.54) is 12.5 Å². The Morgan fingerprint density at radius 1 is 1.44 bits per heavy atom. The Labute approximate surface area is 92.8 Å². The van der Waals surface area contributed by atoms with Crippen molar-refractivity contribution in [1.29, 1.82) is 0 Å². The van der Waals surface area contributed by atoms with Gasteiger partial charge in [0.2, 0.25) is 0 Å². The van der Waals surface area contributed by atoms with Crippen molar-refractivity contribution in [2.24, 2.45) is 0 Å². The average molecular weight is 241 g/mol. The van der Waals surface area contributed by atoms with Crippen molar-refractivity contribution >= 4 is 10.0 Å². The molecule has 0 aliphatic heterocycles. The van der Waals surface area contributed by atoms with E-state index in [-0.39, 0.29) is 6.04 Å². The minimum absolute atomic E-state index is 0.148. The molecule has 7 nitrogen and oxygen atoms in total. The molecule has 0 spiro atoms. The van der Waals surface area contributed by atoms with E-state index in [9.17, 15) is 8.42 Å². The third kappa shape index (κ3) is 1.96. The molecule has 2 rings (SSSR count). The molecule has 86 valence electrons. The molecule has 0 bridgehead atoms. The first-order chi connectivity index (χ1) is 7.48. The third-order valence-corrected chi connectivity index (χ3v) is 3.07. The lowest BCUT2D eigenvalue weighted by Gasteiger charge is -2.07. The zero-order valence-electron chi connectivity index (χ0n) is 8.85. The summed E-state index contributed by atoms with van der Waals surface area (Å²) < 4.78 is 25.0. The maximum absolute atomic E-state index is 11.2. The quantitative estimate of drug-likeness (QED) is 0.748. The highest BCUT2D eigenvalue weighted by molar-refractivity contribution is 7.89. The van der Waals surface area contributed by atoms with Gasteiger partial charge in [-0.1, -0.05) is 0 Å². The van der Waals surface area contributed by atoms with E-state index in [1.807, 2.05) is 6.92 Å². The molecule has 0 aliphatic rings. The van der Waals surface area contributed by atoms with Crippen molar-refractivity contribution in [3.8, 4) is 0 Å². The van der Waals surface area contributed by atoms with Gasteiger partial charge in [0.15, 0.2) is 0 Å². The normalized spacial score (nSPS) is 13.9. The standard InChI is InChI=1S/C8H11N5O2S/c1-7(12-6-9-5-10-12)8-3-4-13(11-8)16(2,14)15/h3-7H,1-2H3. The summed E-state index contributed by atoms with van der Waals surface area (Å²) in [6.07, 6.45) is 5.50. The molecule has 0 saturated heterocycles. The summed E-state index contributed by atoms with van der Waals surface area (Å²) in [5.41, 5.74) is 0.621. The van der Waals surface area contributed by atoms with Gasteiger partial charge >= 0.3 is 0 Å². The van der Waals surface area contributed by atoms with Crippen LogP contribution in [0, 0.1) is 0 Å². The van der Waals surface area contributed by atoms with E-state index in [0.29, 0.717) is 5.69 Å². The van der Waals surface area contributed by atoms with Gasteiger partial charge in [-0.2, -0.15) is 14.3 Å². The summed E-state index contributed by atoms with van der Waals surface area (Å²) >= 11 is 0. The van der Waals surface area contributed by atoms with E-state index >= 15 is 0 Å². The summed E-state index contributed by atoms with van der Waals surface area (Å²) in [7, 11) is -3.32. The lowest BCUT2D eigenvalue weighted by Crippen LogP contribution is -2.13. The Bertz CT molecular complexity index is 571. The molecule has 0 amide bonds. The van der Waals surface area contributed by atoms with Gasteiger partial charge in [0.25, 0.3) is 10.0 Å². The summed E-state index contributed by atoms with van der Waals surface area (Å²) in [6.45, 7) is 1.86. The predicted molar refractivity (Wildman–Crippen MR) is 56.3 cm³/mol. The molecule has 8 heteroatoms. The van der Waals surface area contributed by atoms with E-state index < -0.39 is 10.0 Å².